The summed E-state index contributed by atoms with van der Waals surface area (Å²) in [6.07, 6.45) is 3.73. The van der Waals surface area contributed by atoms with Gasteiger partial charge in [0.1, 0.15) is 0 Å². The number of rotatable bonds is 4. The topological polar surface area (TPSA) is 58.5 Å². The van der Waals surface area contributed by atoms with Gasteiger partial charge in [-0.2, -0.15) is 0 Å². The molecule has 2 aliphatic heterocycles. The maximum absolute atomic E-state index is 11.7. The first-order chi connectivity index (χ1) is 8.51. The van der Waals surface area contributed by atoms with Gasteiger partial charge in [0.25, 0.3) is 0 Å². The van der Waals surface area contributed by atoms with Gasteiger partial charge in [0, 0.05) is 11.3 Å². The highest BCUT2D eigenvalue weighted by atomic mass is 32.2. The predicted octanol–water partition coefficient (Wildman–Crippen LogP) is 1.81. The Kier molecular flexibility index (Phi) is 4.26. The average Bonchev–Trinajstić information content (AvgIpc) is 2.91. The molecule has 0 bridgehead atoms. The van der Waals surface area contributed by atoms with Crippen molar-refractivity contribution in [2.24, 2.45) is 4.99 Å². The molecule has 2 heterocycles. The Bertz CT molecular complexity index is 427. The maximum Gasteiger partial charge on any atom is 0.157 e. The van der Waals surface area contributed by atoms with Crippen LogP contribution in [-0.4, -0.2) is 42.4 Å². The lowest BCUT2D eigenvalue weighted by atomic mass is 9.96. The summed E-state index contributed by atoms with van der Waals surface area (Å²) in [5, 5.41) is 4.16. The van der Waals surface area contributed by atoms with Crippen molar-refractivity contribution in [2.45, 2.75) is 50.3 Å². The number of nitrogens with one attached hydrogen (secondary N) is 1. The highest BCUT2D eigenvalue weighted by Crippen LogP contribution is 2.29. The van der Waals surface area contributed by atoms with E-state index in [0.29, 0.717) is 12.3 Å². The van der Waals surface area contributed by atoms with Gasteiger partial charge < -0.3 is 5.32 Å². The molecule has 1 unspecified atom stereocenters. The summed E-state index contributed by atoms with van der Waals surface area (Å²) in [6, 6.07) is 0. The number of hydrogen-bond acceptors (Lipinski definition) is 4. The Morgan fingerprint density at radius 2 is 2.17 bits per heavy atom. The second-order valence-corrected chi connectivity index (χ2v) is 8.54. The van der Waals surface area contributed by atoms with E-state index >= 15 is 0 Å². The quantitative estimate of drug-likeness (QED) is 0.858. The SMILES string of the molecule is CCC1(CC)CSC(=NCC2CCCS2(=O)=O)N1. The van der Waals surface area contributed by atoms with Gasteiger partial charge in [0.05, 0.1) is 17.5 Å². The van der Waals surface area contributed by atoms with Crippen LogP contribution in [0.1, 0.15) is 39.5 Å². The molecule has 0 saturated carbocycles. The number of hydrogen-bond donors (Lipinski definition) is 1. The summed E-state index contributed by atoms with van der Waals surface area (Å²) in [5.74, 6) is 1.38. The molecule has 0 radical (unpaired) electrons. The van der Waals surface area contributed by atoms with Crippen molar-refractivity contribution >= 4 is 26.8 Å². The Morgan fingerprint density at radius 1 is 1.44 bits per heavy atom. The van der Waals surface area contributed by atoms with Crippen LogP contribution in [0.4, 0.5) is 0 Å². The van der Waals surface area contributed by atoms with E-state index in [-0.39, 0.29) is 10.8 Å². The molecule has 4 nitrogen and oxygen atoms in total. The smallest absolute Gasteiger partial charge is 0.157 e. The molecule has 0 aromatic rings. The van der Waals surface area contributed by atoms with Crippen LogP contribution in [0.3, 0.4) is 0 Å². The zero-order chi connectivity index (χ0) is 13.2. The first-order valence-corrected chi connectivity index (χ1v) is 9.38. The number of sulfone groups is 1. The van der Waals surface area contributed by atoms with Gasteiger partial charge in [0.15, 0.2) is 15.0 Å². The van der Waals surface area contributed by atoms with Crippen LogP contribution in [0.2, 0.25) is 0 Å². The highest BCUT2D eigenvalue weighted by Gasteiger charge is 2.35. The minimum absolute atomic E-state index is 0.165. The molecule has 0 aliphatic carbocycles. The zero-order valence-corrected chi connectivity index (χ0v) is 12.7. The molecule has 1 N–H and O–H groups in total. The van der Waals surface area contributed by atoms with Crippen molar-refractivity contribution in [1.29, 1.82) is 0 Å². The van der Waals surface area contributed by atoms with E-state index in [2.05, 4.69) is 24.2 Å². The molecule has 0 spiro atoms. The van der Waals surface area contributed by atoms with Crippen molar-refractivity contribution in [3.05, 3.63) is 0 Å². The third-order valence-corrected chi connectivity index (χ3v) is 7.57. The van der Waals surface area contributed by atoms with Crippen molar-refractivity contribution < 1.29 is 8.42 Å². The van der Waals surface area contributed by atoms with Crippen LogP contribution in [0.5, 0.6) is 0 Å². The summed E-state index contributed by atoms with van der Waals surface area (Å²) in [5.41, 5.74) is 0.165. The molecule has 0 amide bonds. The fourth-order valence-electron chi connectivity index (χ4n) is 2.47. The van der Waals surface area contributed by atoms with Gasteiger partial charge >= 0.3 is 0 Å². The molecule has 2 saturated heterocycles. The van der Waals surface area contributed by atoms with Crippen LogP contribution >= 0.6 is 11.8 Å². The fraction of sp³-hybridized carbons (Fsp3) is 0.917. The predicted molar refractivity (Wildman–Crippen MR) is 78.0 cm³/mol. The van der Waals surface area contributed by atoms with E-state index in [1.165, 1.54) is 0 Å². The van der Waals surface area contributed by atoms with E-state index in [1.807, 2.05) is 0 Å². The van der Waals surface area contributed by atoms with Gasteiger partial charge in [-0.15, -0.1) is 0 Å². The van der Waals surface area contributed by atoms with E-state index in [9.17, 15) is 8.42 Å². The normalized spacial score (nSPS) is 31.7. The van der Waals surface area contributed by atoms with E-state index in [4.69, 9.17) is 0 Å². The molecule has 0 aromatic heterocycles. The maximum atomic E-state index is 11.7. The molecule has 1 atom stereocenters. The second-order valence-electron chi connectivity index (χ2n) is 5.18. The molecule has 2 fully saturated rings. The molecular weight excluding hydrogens is 268 g/mol. The second kappa shape index (κ2) is 5.41. The summed E-state index contributed by atoms with van der Waals surface area (Å²) in [7, 11) is -2.86. The van der Waals surface area contributed by atoms with Gasteiger partial charge in [-0.25, -0.2) is 8.42 Å². The van der Waals surface area contributed by atoms with E-state index in [0.717, 1.165) is 36.6 Å². The first-order valence-electron chi connectivity index (χ1n) is 6.68. The minimum atomic E-state index is -2.86. The third-order valence-electron chi connectivity index (χ3n) is 4.11. The van der Waals surface area contributed by atoms with Crippen molar-refractivity contribution in [1.82, 2.24) is 5.32 Å². The van der Waals surface area contributed by atoms with Gasteiger partial charge in [-0.3, -0.25) is 4.99 Å². The summed E-state index contributed by atoms with van der Waals surface area (Å²) in [6.45, 7) is 4.80. The number of aliphatic imine (C=N–C) groups is 1. The molecule has 104 valence electrons. The highest BCUT2D eigenvalue weighted by molar-refractivity contribution is 8.14. The van der Waals surface area contributed by atoms with Crippen LogP contribution in [0, 0.1) is 0 Å². The largest absolute Gasteiger partial charge is 0.359 e. The lowest BCUT2D eigenvalue weighted by Gasteiger charge is -2.25. The van der Waals surface area contributed by atoms with E-state index < -0.39 is 9.84 Å². The molecule has 0 aromatic carbocycles. The molecule has 2 aliphatic rings. The zero-order valence-electron chi connectivity index (χ0n) is 11.1. The number of amidine groups is 1. The van der Waals surface area contributed by atoms with Crippen molar-refractivity contribution in [2.75, 3.05) is 18.1 Å². The van der Waals surface area contributed by atoms with Crippen molar-refractivity contribution in [3.8, 4) is 0 Å². The first kappa shape index (κ1) is 14.2. The summed E-state index contributed by atoms with van der Waals surface area (Å²) < 4.78 is 23.4. The summed E-state index contributed by atoms with van der Waals surface area (Å²) in [4.78, 5) is 4.48. The number of thioether (sulfide) groups is 1. The molecular formula is C12H22N2O2S2. The van der Waals surface area contributed by atoms with Crippen LogP contribution in [0.15, 0.2) is 4.99 Å². The minimum Gasteiger partial charge on any atom is -0.359 e. The Morgan fingerprint density at radius 3 is 2.67 bits per heavy atom. The Balaban J connectivity index is 1.96. The average molecular weight is 290 g/mol. The molecule has 18 heavy (non-hydrogen) atoms. The standard InChI is InChI=1S/C12H22N2O2S2/c1-3-12(4-2)9-17-11(14-12)13-8-10-6-5-7-18(10,15)16/h10H,3-9H2,1-2H3,(H,13,14). The Labute approximate surface area is 114 Å². The number of nitrogens with zero attached hydrogens (tertiary/aromatic N) is 1. The van der Waals surface area contributed by atoms with Crippen molar-refractivity contribution in [3.63, 3.8) is 0 Å². The fourth-order valence-corrected chi connectivity index (χ4v) is 5.55. The third kappa shape index (κ3) is 2.85. The summed E-state index contributed by atoms with van der Waals surface area (Å²) >= 11 is 1.73. The van der Waals surface area contributed by atoms with E-state index in [1.54, 1.807) is 11.8 Å². The molecule has 6 heteroatoms. The Hall–Kier alpha value is -0.230. The van der Waals surface area contributed by atoms with Crippen LogP contribution < -0.4 is 5.32 Å². The van der Waals surface area contributed by atoms with Crippen LogP contribution in [-0.2, 0) is 9.84 Å². The molecule has 2 rings (SSSR count). The van der Waals surface area contributed by atoms with Gasteiger partial charge in [-0.1, -0.05) is 25.6 Å². The van der Waals surface area contributed by atoms with Gasteiger partial charge in [0.2, 0.25) is 0 Å². The van der Waals surface area contributed by atoms with Gasteiger partial charge in [-0.05, 0) is 25.7 Å². The lowest BCUT2D eigenvalue weighted by Crippen LogP contribution is -2.42. The monoisotopic (exact) mass is 290 g/mol. The van der Waals surface area contributed by atoms with Crippen LogP contribution in [0.25, 0.3) is 0 Å². The lowest BCUT2D eigenvalue weighted by molar-refractivity contribution is 0.407.